The normalized spacial score (nSPS) is 12.4. The van der Waals surface area contributed by atoms with Gasteiger partial charge in [-0.15, -0.1) is 10.2 Å². The SMILES string of the molecule is CC(=O)c1c(C)cc(C)c(CSc2nnc(C(C)N(C)C)n2-c2ccc(Cl)cc2)c1C. The standard InChI is InChI=1S/C24H29ClN4OS/c1-14-12-15(2)22(18(5)30)16(3)21(14)13-31-24-27-26-23(17(4)28(6)7)29(24)20-10-8-19(25)9-11-20/h8-12,17H,13H2,1-7H3. The second kappa shape index (κ2) is 9.55. The van der Waals surface area contributed by atoms with Crippen LogP contribution in [0.3, 0.4) is 0 Å². The fourth-order valence-corrected chi connectivity index (χ4v) is 5.11. The molecule has 0 fully saturated rings. The number of hydrogen-bond acceptors (Lipinski definition) is 5. The summed E-state index contributed by atoms with van der Waals surface area (Å²) < 4.78 is 2.09. The molecule has 0 saturated heterocycles. The third-order valence-electron chi connectivity index (χ3n) is 5.72. The maximum absolute atomic E-state index is 12.2. The van der Waals surface area contributed by atoms with E-state index in [9.17, 15) is 4.79 Å². The molecule has 3 rings (SSSR count). The minimum Gasteiger partial charge on any atom is -0.300 e. The van der Waals surface area contributed by atoms with Crippen LogP contribution in [0.15, 0.2) is 35.5 Å². The lowest BCUT2D eigenvalue weighted by Crippen LogP contribution is -2.20. The lowest BCUT2D eigenvalue weighted by molar-refractivity contribution is 0.101. The van der Waals surface area contributed by atoms with E-state index in [0.29, 0.717) is 10.8 Å². The Balaban J connectivity index is 2.02. The predicted molar refractivity (Wildman–Crippen MR) is 129 cm³/mol. The second-order valence-electron chi connectivity index (χ2n) is 8.13. The van der Waals surface area contributed by atoms with Gasteiger partial charge in [-0.2, -0.15) is 0 Å². The van der Waals surface area contributed by atoms with Gasteiger partial charge in [0.25, 0.3) is 0 Å². The molecule has 0 radical (unpaired) electrons. The van der Waals surface area contributed by atoms with Crippen molar-refractivity contribution in [2.75, 3.05) is 14.1 Å². The number of benzene rings is 2. The summed E-state index contributed by atoms with van der Waals surface area (Å²) in [6.07, 6.45) is 0. The minimum atomic E-state index is 0.0877. The van der Waals surface area contributed by atoms with Crippen LogP contribution in [0.4, 0.5) is 0 Å². The Morgan fingerprint density at radius 2 is 1.77 bits per heavy atom. The van der Waals surface area contributed by atoms with E-state index < -0.39 is 0 Å². The molecule has 1 unspecified atom stereocenters. The largest absolute Gasteiger partial charge is 0.300 e. The van der Waals surface area contributed by atoms with Crippen LogP contribution < -0.4 is 0 Å². The molecule has 0 amide bonds. The predicted octanol–water partition coefficient (Wildman–Crippen LogP) is 5.96. The first-order chi connectivity index (χ1) is 14.6. The zero-order chi connectivity index (χ0) is 22.9. The molecule has 0 bridgehead atoms. The van der Waals surface area contributed by atoms with Gasteiger partial charge in [-0.1, -0.05) is 29.4 Å². The fraction of sp³-hybridized carbons (Fsp3) is 0.375. The zero-order valence-electron chi connectivity index (χ0n) is 19.2. The number of aromatic nitrogens is 3. The van der Waals surface area contributed by atoms with Crippen LogP contribution in [0.1, 0.15) is 58.3 Å². The van der Waals surface area contributed by atoms with Crippen molar-refractivity contribution >= 4 is 29.1 Å². The number of aryl methyl sites for hydroxylation is 2. The molecule has 164 valence electrons. The molecule has 0 saturated carbocycles. The van der Waals surface area contributed by atoms with Gasteiger partial charge in [0.15, 0.2) is 16.8 Å². The van der Waals surface area contributed by atoms with Crippen molar-refractivity contribution in [3.63, 3.8) is 0 Å². The molecule has 1 heterocycles. The Kier molecular flexibility index (Phi) is 7.24. The van der Waals surface area contributed by atoms with Gasteiger partial charge in [-0.05, 0) is 95.2 Å². The smallest absolute Gasteiger partial charge is 0.196 e. The van der Waals surface area contributed by atoms with Crippen molar-refractivity contribution in [1.82, 2.24) is 19.7 Å². The number of carbonyl (C=O) groups excluding carboxylic acids is 1. The zero-order valence-corrected chi connectivity index (χ0v) is 20.7. The number of ketones is 1. The number of thioether (sulfide) groups is 1. The molecule has 5 nitrogen and oxygen atoms in total. The fourth-order valence-electron chi connectivity index (χ4n) is 3.84. The van der Waals surface area contributed by atoms with E-state index in [0.717, 1.165) is 33.4 Å². The number of carbonyl (C=O) groups is 1. The van der Waals surface area contributed by atoms with E-state index in [2.05, 4.69) is 39.6 Å². The topological polar surface area (TPSA) is 51.0 Å². The maximum Gasteiger partial charge on any atom is 0.196 e. The summed E-state index contributed by atoms with van der Waals surface area (Å²) >= 11 is 7.74. The molecule has 3 aromatic rings. The molecule has 2 aromatic carbocycles. The molecule has 31 heavy (non-hydrogen) atoms. The molecule has 1 aromatic heterocycles. The number of rotatable bonds is 7. The molecule has 1 atom stereocenters. The highest BCUT2D eigenvalue weighted by atomic mass is 35.5. The summed E-state index contributed by atoms with van der Waals surface area (Å²) in [5.74, 6) is 1.68. The molecule has 0 spiro atoms. The van der Waals surface area contributed by atoms with E-state index >= 15 is 0 Å². The van der Waals surface area contributed by atoms with E-state index in [1.54, 1.807) is 18.7 Å². The third-order valence-corrected chi connectivity index (χ3v) is 6.93. The number of halogens is 1. The number of Topliss-reactive ketones (excluding diaryl/α,β-unsaturated/α-hetero) is 1. The van der Waals surface area contributed by atoms with Gasteiger partial charge < -0.3 is 0 Å². The van der Waals surface area contributed by atoms with Gasteiger partial charge >= 0.3 is 0 Å². The average Bonchev–Trinajstić information content (AvgIpc) is 3.10. The first-order valence-electron chi connectivity index (χ1n) is 10.2. The lowest BCUT2D eigenvalue weighted by Gasteiger charge is -2.20. The monoisotopic (exact) mass is 456 g/mol. The number of hydrogen-bond donors (Lipinski definition) is 0. The van der Waals surface area contributed by atoms with E-state index in [1.807, 2.05) is 52.2 Å². The van der Waals surface area contributed by atoms with Crippen molar-refractivity contribution in [3.8, 4) is 5.69 Å². The first-order valence-corrected chi connectivity index (χ1v) is 11.6. The van der Waals surface area contributed by atoms with Crippen LogP contribution >= 0.6 is 23.4 Å². The van der Waals surface area contributed by atoms with Crippen LogP contribution in [0.5, 0.6) is 0 Å². The third kappa shape index (κ3) is 4.86. The number of nitrogens with zero attached hydrogens (tertiary/aromatic N) is 4. The van der Waals surface area contributed by atoms with Crippen LogP contribution in [0.25, 0.3) is 5.69 Å². The Morgan fingerprint density at radius 1 is 1.13 bits per heavy atom. The summed E-state index contributed by atoms with van der Waals surface area (Å²) in [5, 5.41) is 10.5. The average molecular weight is 457 g/mol. The Labute approximate surface area is 193 Å². The molecule has 7 heteroatoms. The Hall–Kier alpha value is -2.15. The van der Waals surface area contributed by atoms with Crippen LogP contribution in [0.2, 0.25) is 5.02 Å². The molecule has 0 aliphatic carbocycles. The summed E-state index contributed by atoms with van der Waals surface area (Å²) in [7, 11) is 4.06. The van der Waals surface area contributed by atoms with Crippen LogP contribution in [-0.4, -0.2) is 39.5 Å². The Bertz CT molecular complexity index is 1110. The summed E-state index contributed by atoms with van der Waals surface area (Å²) in [4.78, 5) is 14.3. The van der Waals surface area contributed by atoms with E-state index in [1.165, 1.54) is 11.1 Å². The molecule has 0 aliphatic heterocycles. The van der Waals surface area contributed by atoms with Gasteiger partial charge in [0.1, 0.15) is 0 Å². The van der Waals surface area contributed by atoms with Crippen molar-refractivity contribution in [1.29, 1.82) is 0 Å². The first kappa shape index (κ1) is 23.5. The van der Waals surface area contributed by atoms with Gasteiger partial charge in [0.05, 0.1) is 6.04 Å². The minimum absolute atomic E-state index is 0.0877. The van der Waals surface area contributed by atoms with Crippen LogP contribution in [-0.2, 0) is 5.75 Å². The quantitative estimate of drug-likeness (QED) is 0.324. The van der Waals surface area contributed by atoms with E-state index in [-0.39, 0.29) is 11.8 Å². The Morgan fingerprint density at radius 3 is 2.35 bits per heavy atom. The molecular weight excluding hydrogens is 428 g/mol. The maximum atomic E-state index is 12.2. The van der Waals surface area contributed by atoms with Crippen LogP contribution in [0, 0.1) is 20.8 Å². The van der Waals surface area contributed by atoms with Crippen molar-refractivity contribution in [3.05, 3.63) is 69.0 Å². The van der Waals surface area contributed by atoms with Gasteiger partial charge in [0.2, 0.25) is 0 Å². The van der Waals surface area contributed by atoms with E-state index in [4.69, 9.17) is 11.6 Å². The van der Waals surface area contributed by atoms with Gasteiger partial charge in [-0.3, -0.25) is 14.3 Å². The van der Waals surface area contributed by atoms with Gasteiger partial charge in [-0.25, -0.2) is 0 Å². The van der Waals surface area contributed by atoms with Crippen molar-refractivity contribution < 1.29 is 4.79 Å². The molecule has 0 aliphatic rings. The highest BCUT2D eigenvalue weighted by Gasteiger charge is 2.22. The highest BCUT2D eigenvalue weighted by molar-refractivity contribution is 7.98. The lowest BCUT2D eigenvalue weighted by atomic mass is 9.92. The highest BCUT2D eigenvalue weighted by Crippen LogP contribution is 2.32. The molecule has 0 N–H and O–H groups in total. The summed E-state index contributed by atoms with van der Waals surface area (Å²) in [5.41, 5.74) is 6.24. The summed E-state index contributed by atoms with van der Waals surface area (Å²) in [6.45, 7) is 9.88. The van der Waals surface area contributed by atoms with Gasteiger partial charge in [0, 0.05) is 22.0 Å². The second-order valence-corrected chi connectivity index (χ2v) is 9.50. The summed E-state index contributed by atoms with van der Waals surface area (Å²) in [6, 6.07) is 9.91. The van der Waals surface area contributed by atoms with Crippen molar-refractivity contribution in [2.24, 2.45) is 0 Å². The van der Waals surface area contributed by atoms with Crippen molar-refractivity contribution in [2.45, 2.75) is 51.6 Å². The molecular formula is C24H29ClN4OS.